The van der Waals surface area contributed by atoms with Crippen molar-refractivity contribution in [1.29, 1.82) is 0 Å². The molecule has 9 heavy (non-hydrogen) atoms. The zero-order chi connectivity index (χ0) is 6.85. The molecule has 0 saturated carbocycles. The van der Waals surface area contributed by atoms with Gasteiger partial charge in [-0.15, -0.1) is 0 Å². The molecular formula is CN2O4SSe. The first kappa shape index (κ1) is 6.97. The van der Waals surface area contributed by atoms with Crippen LogP contribution < -0.4 is 0 Å². The average Bonchev–Trinajstić information content (AvgIpc) is 1.79. The molecule has 1 saturated heterocycles. The van der Waals surface area contributed by atoms with Crippen molar-refractivity contribution in [3.63, 3.8) is 0 Å². The van der Waals surface area contributed by atoms with E-state index in [9.17, 15) is 9.00 Å². The molecule has 0 N–H and O–H groups in total. The van der Waals surface area contributed by atoms with Crippen LogP contribution in [0.1, 0.15) is 0 Å². The zero-order valence-corrected chi connectivity index (χ0v) is 6.37. The van der Waals surface area contributed by atoms with Crippen LogP contribution >= 0.6 is 0 Å². The molecule has 0 radical (unpaired) electrons. The van der Waals surface area contributed by atoms with Gasteiger partial charge in [-0.3, -0.25) is 0 Å². The van der Waals surface area contributed by atoms with E-state index >= 15 is 0 Å². The molecule has 8 heteroatoms. The second-order valence-corrected chi connectivity index (χ2v) is 2.07. The molecule has 1 aliphatic rings. The number of amides is 2. The predicted octanol–water partition coefficient (Wildman–Crippen LogP) is -0.784. The first-order valence-electron chi connectivity index (χ1n) is 1.70. The van der Waals surface area contributed by atoms with Gasteiger partial charge in [0.15, 0.2) is 0 Å². The maximum atomic E-state index is 10.3. The molecule has 2 amide bonds. The summed E-state index contributed by atoms with van der Waals surface area (Å²) < 4.78 is 21.2. The number of hydrogen-bond acceptors (Lipinski definition) is 4. The third kappa shape index (κ3) is 1.40. The van der Waals surface area contributed by atoms with Gasteiger partial charge in [-0.05, 0) is 0 Å². The molecule has 0 aromatic rings. The summed E-state index contributed by atoms with van der Waals surface area (Å²) in [5, 5.41) is 0.409. The Hall–Kier alpha value is -0.141. The van der Waals surface area contributed by atoms with Crippen LogP contribution in [0.25, 0.3) is 0 Å². The monoisotopic (exact) mass is 216 g/mol. The van der Waals surface area contributed by atoms with Crippen LogP contribution in [0.15, 0.2) is 3.96 Å². The second-order valence-electron chi connectivity index (χ2n) is 0.984. The SMILES string of the molecule is O=C(N=[Se])N1OS(=O)O1. The van der Waals surface area contributed by atoms with Gasteiger partial charge in [-0.2, -0.15) is 0 Å². The number of carbonyl (C=O) groups is 1. The van der Waals surface area contributed by atoms with Crippen molar-refractivity contribution in [3.05, 3.63) is 0 Å². The molecular weight excluding hydrogens is 215 g/mol. The molecule has 1 aliphatic heterocycles. The Balaban J connectivity index is 2.40. The normalized spacial score (nSPS) is 18.9. The van der Waals surface area contributed by atoms with Crippen LogP contribution in [0.4, 0.5) is 4.79 Å². The molecule has 0 aromatic heterocycles. The summed E-state index contributed by atoms with van der Waals surface area (Å²) in [5.74, 6) is 0. The number of rotatable bonds is 0. The third-order valence-corrected chi connectivity index (χ3v) is 1.33. The molecule has 1 fully saturated rings. The summed E-state index contributed by atoms with van der Waals surface area (Å²) in [5.41, 5.74) is 0. The predicted molar refractivity (Wildman–Crippen MR) is 25.7 cm³/mol. The van der Waals surface area contributed by atoms with Crippen molar-refractivity contribution in [3.8, 4) is 0 Å². The van der Waals surface area contributed by atoms with Crippen molar-refractivity contribution < 1.29 is 17.6 Å². The summed E-state index contributed by atoms with van der Waals surface area (Å²) >= 11 is 0.268. The molecule has 0 spiro atoms. The summed E-state index contributed by atoms with van der Waals surface area (Å²) in [7, 11) is 0. The van der Waals surface area contributed by atoms with Gasteiger partial charge in [0.25, 0.3) is 0 Å². The van der Waals surface area contributed by atoms with Crippen molar-refractivity contribution >= 4 is 33.2 Å². The Kier molecular flexibility index (Phi) is 2.04. The number of urea groups is 1. The van der Waals surface area contributed by atoms with Gasteiger partial charge in [0.1, 0.15) is 0 Å². The van der Waals surface area contributed by atoms with E-state index < -0.39 is 17.4 Å². The van der Waals surface area contributed by atoms with E-state index in [0.29, 0.717) is 5.23 Å². The number of hydrogen-bond donors (Lipinski definition) is 0. The van der Waals surface area contributed by atoms with Crippen LogP contribution in [0.3, 0.4) is 0 Å². The van der Waals surface area contributed by atoms with E-state index in [1.54, 1.807) is 0 Å². The van der Waals surface area contributed by atoms with Crippen LogP contribution in [0, 0.1) is 0 Å². The molecule has 0 bridgehead atoms. The van der Waals surface area contributed by atoms with Crippen LogP contribution in [-0.2, 0) is 19.9 Å². The van der Waals surface area contributed by atoms with E-state index in [1.807, 2.05) is 0 Å². The number of carbonyl (C=O) groups excluding carboxylic acids is 1. The molecule has 0 aromatic carbocycles. The fourth-order valence-corrected chi connectivity index (χ4v) is 0.713. The van der Waals surface area contributed by atoms with Gasteiger partial charge in [0.2, 0.25) is 0 Å². The van der Waals surface area contributed by atoms with Gasteiger partial charge in [0, 0.05) is 0 Å². The molecule has 6 nitrogen and oxygen atoms in total. The zero-order valence-electron chi connectivity index (χ0n) is 3.84. The van der Waals surface area contributed by atoms with Crippen LogP contribution in [0.5, 0.6) is 0 Å². The minimum absolute atomic E-state index is 0.409. The van der Waals surface area contributed by atoms with E-state index in [2.05, 4.69) is 28.3 Å². The van der Waals surface area contributed by atoms with Gasteiger partial charge < -0.3 is 0 Å². The Labute approximate surface area is 60.5 Å². The van der Waals surface area contributed by atoms with Crippen LogP contribution in [0.2, 0.25) is 0 Å². The summed E-state index contributed by atoms with van der Waals surface area (Å²) in [6.07, 6.45) is 0. The molecule has 1 heterocycles. The molecule has 0 atom stereocenters. The Morgan fingerprint density at radius 3 is 2.56 bits per heavy atom. The summed E-state index contributed by atoms with van der Waals surface area (Å²) in [6, 6.07) is -0.769. The number of nitrogens with zero attached hydrogens (tertiary/aromatic N) is 2. The fourth-order valence-electron chi connectivity index (χ4n) is 0.213. The second kappa shape index (κ2) is 2.63. The molecule has 50 valence electrons. The van der Waals surface area contributed by atoms with Crippen molar-refractivity contribution in [2.75, 3.05) is 0 Å². The topological polar surface area (TPSA) is 68.2 Å². The van der Waals surface area contributed by atoms with Crippen LogP contribution in [-0.4, -0.2) is 31.3 Å². The van der Waals surface area contributed by atoms with E-state index in [1.165, 1.54) is 0 Å². The molecule has 1 rings (SSSR count). The quantitative estimate of drug-likeness (QED) is 0.497. The maximum absolute atomic E-state index is 10.3. The van der Waals surface area contributed by atoms with Gasteiger partial charge in [-0.1, -0.05) is 0 Å². The summed E-state index contributed by atoms with van der Waals surface area (Å²) in [6.45, 7) is 0. The average molecular weight is 215 g/mol. The van der Waals surface area contributed by atoms with E-state index in [-0.39, 0.29) is 0 Å². The van der Waals surface area contributed by atoms with Crippen molar-refractivity contribution in [2.45, 2.75) is 0 Å². The van der Waals surface area contributed by atoms with Gasteiger partial charge in [-0.25, -0.2) is 0 Å². The van der Waals surface area contributed by atoms with E-state index in [0.717, 1.165) is 0 Å². The third-order valence-electron chi connectivity index (χ3n) is 0.491. The standard InChI is InChI=1S/CN2O4SSe/c4-1(2-9)3-6-8(5)7-3. The first-order chi connectivity index (χ1) is 4.24. The number of hydroxylamine groups is 2. The van der Waals surface area contributed by atoms with Crippen molar-refractivity contribution in [1.82, 2.24) is 5.23 Å². The molecule has 0 unspecified atom stereocenters. The van der Waals surface area contributed by atoms with E-state index in [4.69, 9.17) is 0 Å². The van der Waals surface area contributed by atoms with Crippen molar-refractivity contribution in [2.24, 2.45) is 3.96 Å². The Bertz CT molecular complexity index is 173. The van der Waals surface area contributed by atoms with Gasteiger partial charge in [0.05, 0.1) is 0 Å². The Morgan fingerprint density at radius 2 is 2.22 bits per heavy atom. The minimum atomic E-state index is -1.81. The van der Waals surface area contributed by atoms with Gasteiger partial charge >= 0.3 is 60.0 Å². The fraction of sp³-hybridized carbons (Fsp3) is 0. The summed E-state index contributed by atoms with van der Waals surface area (Å²) in [4.78, 5) is 10.3. The Morgan fingerprint density at radius 1 is 1.67 bits per heavy atom. The molecule has 0 aliphatic carbocycles. The first-order valence-corrected chi connectivity index (χ1v) is 3.47.